The number of hydrogen-bond acceptors (Lipinski definition) is 3. The van der Waals surface area contributed by atoms with E-state index in [4.69, 9.17) is 4.98 Å². The molecule has 30 heavy (non-hydrogen) atoms. The molecule has 0 spiro atoms. The summed E-state index contributed by atoms with van der Waals surface area (Å²) in [6.45, 7) is 0. The molecule has 2 aromatic heterocycles. The van der Waals surface area contributed by atoms with E-state index in [-0.39, 0.29) is 5.91 Å². The number of aromatic amines is 1. The number of benzene rings is 3. The summed E-state index contributed by atoms with van der Waals surface area (Å²) in [4.78, 5) is 24.4. The first kappa shape index (κ1) is 17.8. The predicted octanol–water partition coefficient (Wildman–Crippen LogP) is 5.54. The molecule has 0 aliphatic rings. The molecule has 5 rings (SSSR count). The van der Waals surface area contributed by atoms with Gasteiger partial charge >= 0.3 is 0 Å². The van der Waals surface area contributed by atoms with Crippen molar-refractivity contribution >= 4 is 22.6 Å². The fraction of sp³-hybridized carbons (Fsp3) is 0. The zero-order valence-corrected chi connectivity index (χ0v) is 16.0. The van der Waals surface area contributed by atoms with Gasteiger partial charge < -0.3 is 10.3 Å². The highest BCUT2D eigenvalue weighted by Crippen LogP contribution is 2.28. The number of amides is 1. The molecule has 5 aromatic rings. The van der Waals surface area contributed by atoms with E-state index in [0.29, 0.717) is 5.56 Å². The monoisotopic (exact) mass is 390 g/mol. The molecule has 3 aromatic carbocycles. The Morgan fingerprint density at radius 2 is 1.50 bits per heavy atom. The van der Waals surface area contributed by atoms with Gasteiger partial charge in [-0.15, -0.1) is 0 Å². The predicted molar refractivity (Wildman–Crippen MR) is 119 cm³/mol. The highest BCUT2D eigenvalue weighted by atomic mass is 16.1. The second-order valence-electron chi connectivity index (χ2n) is 6.95. The minimum Gasteiger partial charge on any atom is -0.338 e. The Morgan fingerprint density at radius 3 is 2.33 bits per heavy atom. The van der Waals surface area contributed by atoms with Crippen LogP contribution in [-0.2, 0) is 0 Å². The molecule has 2 heterocycles. The van der Waals surface area contributed by atoms with Gasteiger partial charge in [-0.1, -0.05) is 42.5 Å². The number of rotatable bonds is 4. The lowest BCUT2D eigenvalue weighted by Gasteiger charge is -2.09. The number of hydrogen-bond donors (Lipinski definition) is 2. The van der Waals surface area contributed by atoms with Crippen LogP contribution in [0.3, 0.4) is 0 Å². The Morgan fingerprint density at radius 1 is 0.767 bits per heavy atom. The zero-order valence-electron chi connectivity index (χ0n) is 16.0. The van der Waals surface area contributed by atoms with E-state index >= 15 is 0 Å². The second kappa shape index (κ2) is 7.64. The minimum absolute atomic E-state index is 0.162. The van der Waals surface area contributed by atoms with E-state index in [1.807, 2.05) is 60.7 Å². The maximum Gasteiger partial charge on any atom is 0.255 e. The first-order valence-corrected chi connectivity index (χ1v) is 9.63. The van der Waals surface area contributed by atoms with Gasteiger partial charge in [0.1, 0.15) is 5.82 Å². The van der Waals surface area contributed by atoms with Gasteiger partial charge in [-0.2, -0.15) is 0 Å². The third-order valence-corrected chi connectivity index (χ3v) is 4.92. The lowest BCUT2D eigenvalue weighted by Crippen LogP contribution is -2.11. The highest BCUT2D eigenvalue weighted by Gasteiger charge is 2.09. The van der Waals surface area contributed by atoms with E-state index in [2.05, 4.69) is 27.4 Å². The van der Waals surface area contributed by atoms with Gasteiger partial charge in [0.25, 0.3) is 5.91 Å². The maximum atomic E-state index is 12.4. The number of carbonyl (C=O) groups excluding carboxylic acids is 1. The number of nitrogens with one attached hydrogen (secondary N) is 2. The zero-order chi connectivity index (χ0) is 20.3. The summed E-state index contributed by atoms with van der Waals surface area (Å²) in [6, 6.07) is 27.4. The van der Waals surface area contributed by atoms with Crippen molar-refractivity contribution in [2.45, 2.75) is 0 Å². The van der Waals surface area contributed by atoms with Crippen molar-refractivity contribution in [3.63, 3.8) is 0 Å². The van der Waals surface area contributed by atoms with Crippen LogP contribution in [0.25, 0.3) is 33.5 Å². The lowest BCUT2D eigenvalue weighted by molar-refractivity contribution is 0.102. The topological polar surface area (TPSA) is 70.7 Å². The van der Waals surface area contributed by atoms with Crippen LogP contribution in [0.4, 0.5) is 5.69 Å². The van der Waals surface area contributed by atoms with Crippen molar-refractivity contribution in [1.82, 2.24) is 15.0 Å². The van der Waals surface area contributed by atoms with Crippen LogP contribution in [0.5, 0.6) is 0 Å². The molecule has 0 radical (unpaired) electrons. The summed E-state index contributed by atoms with van der Waals surface area (Å²) in [6.07, 6.45) is 3.21. The van der Waals surface area contributed by atoms with Crippen LogP contribution < -0.4 is 5.32 Å². The molecule has 0 bridgehead atoms. The number of imidazole rings is 1. The van der Waals surface area contributed by atoms with Gasteiger partial charge in [0, 0.05) is 29.2 Å². The SMILES string of the molecule is O=C(Nc1cccc(-c2cccc(-c3nc4ccccc4[nH]3)c2)c1)c1ccncc1. The summed E-state index contributed by atoms with van der Waals surface area (Å²) in [5.74, 6) is 0.672. The molecule has 144 valence electrons. The smallest absolute Gasteiger partial charge is 0.255 e. The largest absolute Gasteiger partial charge is 0.338 e. The van der Waals surface area contributed by atoms with Gasteiger partial charge in [0.05, 0.1) is 11.0 Å². The first-order chi connectivity index (χ1) is 14.8. The van der Waals surface area contributed by atoms with Crippen LogP contribution >= 0.6 is 0 Å². The maximum absolute atomic E-state index is 12.4. The average Bonchev–Trinajstić information content (AvgIpc) is 3.24. The van der Waals surface area contributed by atoms with E-state index in [1.54, 1.807) is 24.5 Å². The number of nitrogens with zero attached hydrogens (tertiary/aromatic N) is 2. The standard InChI is InChI=1S/C25H18N4O/c30-25(17-11-13-26-14-12-17)27-21-8-4-6-19(16-21)18-5-3-7-20(15-18)24-28-22-9-1-2-10-23(22)29-24/h1-16H,(H,27,30)(H,28,29). The molecule has 2 N–H and O–H groups in total. The highest BCUT2D eigenvalue weighted by molar-refractivity contribution is 6.04. The molecule has 1 amide bonds. The molecule has 0 saturated heterocycles. The van der Waals surface area contributed by atoms with Crippen LogP contribution in [0, 0.1) is 0 Å². The van der Waals surface area contributed by atoms with Gasteiger partial charge in [0.2, 0.25) is 0 Å². The van der Waals surface area contributed by atoms with E-state index in [9.17, 15) is 4.79 Å². The number of aromatic nitrogens is 3. The van der Waals surface area contributed by atoms with Crippen molar-refractivity contribution in [2.24, 2.45) is 0 Å². The van der Waals surface area contributed by atoms with Crippen LogP contribution in [0.2, 0.25) is 0 Å². The normalized spacial score (nSPS) is 10.8. The quantitative estimate of drug-likeness (QED) is 0.423. The molecule has 0 unspecified atom stereocenters. The summed E-state index contributed by atoms with van der Waals surface area (Å²) in [5, 5.41) is 2.95. The number of pyridine rings is 1. The van der Waals surface area contributed by atoms with Gasteiger partial charge in [-0.25, -0.2) is 4.98 Å². The van der Waals surface area contributed by atoms with Crippen LogP contribution in [-0.4, -0.2) is 20.9 Å². The Kier molecular flexibility index (Phi) is 4.54. The molecule has 0 aliphatic heterocycles. The number of fused-ring (bicyclic) bond motifs is 1. The van der Waals surface area contributed by atoms with Gasteiger partial charge in [-0.3, -0.25) is 9.78 Å². The van der Waals surface area contributed by atoms with Crippen LogP contribution in [0.1, 0.15) is 10.4 Å². The van der Waals surface area contributed by atoms with E-state index in [0.717, 1.165) is 39.2 Å². The van der Waals surface area contributed by atoms with Crippen molar-refractivity contribution in [3.8, 4) is 22.5 Å². The summed E-state index contributed by atoms with van der Waals surface area (Å²) in [7, 11) is 0. The van der Waals surface area contributed by atoms with Crippen LogP contribution in [0.15, 0.2) is 97.3 Å². The summed E-state index contributed by atoms with van der Waals surface area (Å²) < 4.78 is 0. The molecular formula is C25H18N4O. The molecule has 0 atom stereocenters. The molecular weight excluding hydrogens is 372 g/mol. The average molecular weight is 390 g/mol. The molecule has 5 nitrogen and oxygen atoms in total. The second-order valence-corrected chi connectivity index (χ2v) is 6.95. The van der Waals surface area contributed by atoms with E-state index < -0.39 is 0 Å². The van der Waals surface area contributed by atoms with Gasteiger partial charge in [0.15, 0.2) is 0 Å². The third kappa shape index (κ3) is 3.56. The van der Waals surface area contributed by atoms with Crippen molar-refractivity contribution in [3.05, 3.63) is 103 Å². The number of para-hydroxylation sites is 2. The fourth-order valence-corrected chi connectivity index (χ4v) is 3.42. The Balaban J connectivity index is 1.44. The Labute approximate surface area is 173 Å². The lowest BCUT2D eigenvalue weighted by atomic mass is 10.0. The van der Waals surface area contributed by atoms with Gasteiger partial charge in [-0.05, 0) is 53.6 Å². The number of carbonyl (C=O) groups is 1. The van der Waals surface area contributed by atoms with Crippen molar-refractivity contribution in [1.29, 1.82) is 0 Å². The fourth-order valence-electron chi connectivity index (χ4n) is 3.42. The molecule has 5 heteroatoms. The minimum atomic E-state index is -0.162. The summed E-state index contributed by atoms with van der Waals surface area (Å²) >= 11 is 0. The summed E-state index contributed by atoms with van der Waals surface area (Å²) in [5.41, 5.74) is 6.34. The molecule has 0 aliphatic carbocycles. The van der Waals surface area contributed by atoms with Crippen molar-refractivity contribution < 1.29 is 4.79 Å². The Hall–Kier alpha value is -4.25. The molecule has 0 saturated carbocycles. The Bertz CT molecular complexity index is 1310. The van der Waals surface area contributed by atoms with E-state index in [1.165, 1.54) is 0 Å². The third-order valence-electron chi connectivity index (χ3n) is 4.92. The number of H-pyrrole nitrogens is 1. The first-order valence-electron chi connectivity index (χ1n) is 9.63. The van der Waals surface area contributed by atoms with Crippen molar-refractivity contribution in [2.75, 3.05) is 5.32 Å². The molecule has 0 fully saturated rings. The number of anilines is 1.